The number of hydrogen-bond acceptors (Lipinski definition) is 6. The molecule has 10 heteroatoms. The van der Waals surface area contributed by atoms with E-state index < -0.39 is 0 Å². The van der Waals surface area contributed by atoms with Gasteiger partial charge in [0.15, 0.2) is 5.65 Å². The Labute approximate surface area is 253 Å². The molecule has 0 aliphatic carbocycles. The zero-order valence-electron chi connectivity index (χ0n) is 23.3. The fraction of sp³-hybridized carbons (Fsp3) is 0.281. The number of thioether (sulfide) groups is 1. The molecule has 0 radical (unpaired) electrons. The number of piperazine rings is 1. The van der Waals surface area contributed by atoms with E-state index in [-0.39, 0.29) is 23.6 Å². The Balaban J connectivity index is 1.11. The molecule has 0 N–H and O–H groups in total. The highest BCUT2D eigenvalue weighted by atomic mass is 35.5. The molecule has 0 saturated carbocycles. The number of aromatic nitrogens is 4. The van der Waals surface area contributed by atoms with Crippen LogP contribution in [0, 0.1) is 0 Å². The first kappa shape index (κ1) is 28.2. The van der Waals surface area contributed by atoms with Gasteiger partial charge in [-0.1, -0.05) is 84.0 Å². The Morgan fingerprint density at radius 3 is 2.52 bits per heavy atom. The van der Waals surface area contributed by atoms with Crippen LogP contribution in [0.25, 0.3) is 22.1 Å². The molecule has 42 heavy (non-hydrogen) atoms. The largest absolute Gasteiger partial charge is 0.338 e. The molecule has 0 spiro atoms. The highest BCUT2D eigenvalue weighted by Gasteiger charge is 2.29. The predicted octanol–water partition coefficient (Wildman–Crippen LogP) is 5.47. The van der Waals surface area contributed by atoms with Crippen LogP contribution >= 0.6 is 23.4 Å². The number of para-hydroxylation sites is 1. The number of rotatable bonds is 8. The molecule has 8 nitrogen and oxygen atoms in total. The van der Waals surface area contributed by atoms with Crippen LogP contribution in [0.3, 0.4) is 0 Å². The van der Waals surface area contributed by atoms with Gasteiger partial charge in [0.1, 0.15) is 5.52 Å². The zero-order valence-corrected chi connectivity index (χ0v) is 24.9. The summed E-state index contributed by atoms with van der Waals surface area (Å²) in [4.78, 5) is 34.6. The van der Waals surface area contributed by atoms with E-state index in [0.717, 1.165) is 39.6 Å². The minimum Gasteiger partial charge on any atom is -0.338 e. The van der Waals surface area contributed by atoms with E-state index in [1.165, 1.54) is 11.8 Å². The van der Waals surface area contributed by atoms with Crippen molar-refractivity contribution in [3.8, 4) is 0 Å². The second kappa shape index (κ2) is 12.5. The van der Waals surface area contributed by atoms with Crippen LogP contribution in [0.15, 0.2) is 84.0 Å². The number of amides is 2. The standard InChI is InChI=1S/C32H31ClN6O2S/c1-22-19-37(16-17-38(22)28(40)15-14-23-8-3-2-4-9-23)29(41)21-42-32-34-31-30(35-36-32)26-12-5-6-13-27(26)39(31)20-24-10-7-11-25(33)18-24/h2-13,18,22H,14-17,19-21H2,1H3. The van der Waals surface area contributed by atoms with Crippen molar-refractivity contribution in [2.45, 2.75) is 37.5 Å². The average molecular weight is 599 g/mol. The van der Waals surface area contributed by atoms with E-state index in [4.69, 9.17) is 16.6 Å². The quantitative estimate of drug-likeness (QED) is 0.220. The molecule has 2 aromatic heterocycles. The van der Waals surface area contributed by atoms with E-state index in [0.29, 0.717) is 42.8 Å². The molecule has 1 saturated heterocycles. The molecule has 214 valence electrons. The Morgan fingerprint density at radius 2 is 1.71 bits per heavy atom. The lowest BCUT2D eigenvalue weighted by Gasteiger charge is -2.40. The van der Waals surface area contributed by atoms with Gasteiger partial charge in [-0.15, -0.1) is 10.2 Å². The Kier molecular flexibility index (Phi) is 8.39. The molecule has 0 bridgehead atoms. The first-order valence-corrected chi connectivity index (χ1v) is 15.4. The van der Waals surface area contributed by atoms with E-state index in [9.17, 15) is 9.59 Å². The summed E-state index contributed by atoms with van der Waals surface area (Å²) in [6.45, 7) is 4.17. The molecule has 5 aromatic rings. The first-order valence-electron chi connectivity index (χ1n) is 14.1. The Morgan fingerprint density at radius 1 is 0.929 bits per heavy atom. The summed E-state index contributed by atoms with van der Waals surface area (Å²) in [5.74, 6) is 0.344. The molecule has 1 aliphatic rings. The van der Waals surface area contributed by atoms with Crippen LogP contribution in [-0.2, 0) is 22.6 Å². The summed E-state index contributed by atoms with van der Waals surface area (Å²) in [6.07, 6.45) is 1.19. The summed E-state index contributed by atoms with van der Waals surface area (Å²) in [7, 11) is 0. The third-order valence-corrected chi connectivity index (χ3v) is 8.74. The smallest absolute Gasteiger partial charge is 0.233 e. The van der Waals surface area contributed by atoms with Gasteiger partial charge in [-0.05, 0) is 42.7 Å². The summed E-state index contributed by atoms with van der Waals surface area (Å²) in [5.41, 5.74) is 4.67. The zero-order chi connectivity index (χ0) is 29.1. The van der Waals surface area contributed by atoms with Gasteiger partial charge in [-0.2, -0.15) is 0 Å². The highest BCUT2D eigenvalue weighted by molar-refractivity contribution is 7.99. The van der Waals surface area contributed by atoms with Crippen molar-refractivity contribution in [1.29, 1.82) is 0 Å². The van der Waals surface area contributed by atoms with Crippen molar-refractivity contribution >= 4 is 57.2 Å². The van der Waals surface area contributed by atoms with Crippen molar-refractivity contribution in [2.24, 2.45) is 0 Å². The van der Waals surface area contributed by atoms with Gasteiger partial charge in [0.05, 0.1) is 11.3 Å². The first-order chi connectivity index (χ1) is 20.5. The molecule has 1 fully saturated rings. The molecular weight excluding hydrogens is 568 g/mol. The Hall–Kier alpha value is -3.95. The lowest BCUT2D eigenvalue weighted by Crippen LogP contribution is -2.55. The van der Waals surface area contributed by atoms with Crippen LogP contribution in [0.5, 0.6) is 0 Å². The van der Waals surface area contributed by atoms with Crippen molar-refractivity contribution in [2.75, 3.05) is 25.4 Å². The summed E-state index contributed by atoms with van der Waals surface area (Å²) >= 11 is 7.53. The van der Waals surface area contributed by atoms with Crippen LogP contribution in [0.1, 0.15) is 24.5 Å². The lowest BCUT2D eigenvalue weighted by atomic mass is 10.1. The van der Waals surface area contributed by atoms with E-state index >= 15 is 0 Å². The SMILES string of the molecule is CC1CN(C(=O)CSc2nnc3c4ccccc4n(Cc4cccc(Cl)c4)c3n2)CCN1C(=O)CCc1ccccc1. The van der Waals surface area contributed by atoms with Crippen molar-refractivity contribution in [3.05, 3.63) is 95.0 Å². The van der Waals surface area contributed by atoms with E-state index in [1.807, 2.05) is 95.6 Å². The number of nitrogens with zero attached hydrogens (tertiary/aromatic N) is 6. The number of carbonyl (C=O) groups excluding carboxylic acids is 2. The number of hydrogen-bond donors (Lipinski definition) is 0. The number of halogens is 1. The van der Waals surface area contributed by atoms with E-state index in [2.05, 4.69) is 14.8 Å². The molecule has 2 amide bonds. The second-order valence-corrected chi connectivity index (χ2v) is 11.9. The summed E-state index contributed by atoms with van der Waals surface area (Å²) < 4.78 is 2.12. The van der Waals surface area contributed by atoms with Crippen LogP contribution in [0.2, 0.25) is 5.02 Å². The topological polar surface area (TPSA) is 84.2 Å². The Bertz CT molecular complexity index is 1740. The maximum absolute atomic E-state index is 13.2. The fourth-order valence-electron chi connectivity index (χ4n) is 5.54. The van der Waals surface area contributed by atoms with Gasteiger partial charge in [-0.3, -0.25) is 9.59 Å². The van der Waals surface area contributed by atoms with Gasteiger partial charge in [0, 0.05) is 49.1 Å². The predicted molar refractivity (Wildman–Crippen MR) is 167 cm³/mol. The van der Waals surface area contributed by atoms with Crippen LogP contribution in [0.4, 0.5) is 0 Å². The minimum atomic E-state index is -0.0348. The van der Waals surface area contributed by atoms with Gasteiger partial charge in [0.25, 0.3) is 0 Å². The molecule has 1 unspecified atom stereocenters. The minimum absolute atomic E-state index is 0.00593. The van der Waals surface area contributed by atoms with Crippen molar-refractivity contribution in [3.63, 3.8) is 0 Å². The third kappa shape index (κ3) is 6.12. The monoisotopic (exact) mass is 598 g/mol. The maximum Gasteiger partial charge on any atom is 0.233 e. The van der Waals surface area contributed by atoms with Gasteiger partial charge < -0.3 is 14.4 Å². The van der Waals surface area contributed by atoms with Crippen molar-refractivity contribution in [1.82, 2.24) is 29.5 Å². The fourth-order valence-corrected chi connectivity index (χ4v) is 6.44. The highest BCUT2D eigenvalue weighted by Crippen LogP contribution is 2.28. The van der Waals surface area contributed by atoms with Crippen LogP contribution < -0.4 is 0 Å². The molecule has 1 atom stereocenters. The molecule has 3 aromatic carbocycles. The van der Waals surface area contributed by atoms with Gasteiger partial charge >= 0.3 is 0 Å². The number of fused-ring (bicyclic) bond motifs is 3. The van der Waals surface area contributed by atoms with Crippen LogP contribution in [-0.4, -0.2) is 72.8 Å². The summed E-state index contributed by atoms with van der Waals surface area (Å²) in [5, 5.41) is 11.0. The average Bonchev–Trinajstić information content (AvgIpc) is 3.31. The number of benzene rings is 3. The maximum atomic E-state index is 13.2. The van der Waals surface area contributed by atoms with Gasteiger partial charge in [-0.25, -0.2) is 4.98 Å². The molecule has 6 rings (SSSR count). The third-order valence-electron chi connectivity index (χ3n) is 7.68. The van der Waals surface area contributed by atoms with Crippen molar-refractivity contribution < 1.29 is 9.59 Å². The summed E-state index contributed by atoms with van der Waals surface area (Å²) in [6, 6.07) is 25.8. The molecule has 3 heterocycles. The molecule has 1 aliphatic heterocycles. The van der Waals surface area contributed by atoms with Gasteiger partial charge in [0.2, 0.25) is 17.0 Å². The lowest BCUT2D eigenvalue weighted by molar-refractivity contribution is -0.141. The normalized spacial score (nSPS) is 15.4. The molecular formula is C32H31ClN6O2S. The number of aryl methyl sites for hydroxylation is 1. The number of carbonyl (C=O) groups is 2. The second-order valence-electron chi connectivity index (χ2n) is 10.5. The van der Waals surface area contributed by atoms with E-state index in [1.54, 1.807) is 0 Å².